The van der Waals surface area contributed by atoms with E-state index in [2.05, 4.69) is 26.0 Å². The first kappa shape index (κ1) is 46.5. The van der Waals surface area contributed by atoms with Crippen LogP contribution in [-0.4, -0.2) is 105 Å². The standard InChI is InChI=1S/C42H57N7O11S/c1-4-11-31(37(51)40(54)44-22-34(50)46-35(38(43)52)26-12-7-5-8-13-26)45-39(53)32-21-29(48-61(57,58)30-16-17-33-28(20-30)18-19-59-33)23-49(32)41(55)36(27-14-9-6-10-15-27)47-42(56)60-24-25(2)3/h5,7-8,12-13,16-17,20,25,27,29,31-32,35-36,48H,4,6,9-11,14-15,18-19,21-24H2,1-3H3,(H2,43,52)(H,44,54)(H,45,53)(H,46,50)(H,47,56)/t29-,31?,32?,35?,36?/m0/s1. The fraction of sp³-hybridized carbons (Fsp3) is 0.548. The van der Waals surface area contributed by atoms with Crippen molar-refractivity contribution in [3.05, 3.63) is 59.7 Å². The van der Waals surface area contributed by atoms with Gasteiger partial charge in [-0.25, -0.2) is 17.9 Å². The van der Waals surface area contributed by atoms with Crippen LogP contribution in [0.5, 0.6) is 5.75 Å². The van der Waals surface area contributed by atoms with Crippen LogP contribution in [0.4, 0.5) is 4.79 Å². The minimum absolute atomic E-state index is 0.00859. The monoisotopic (exact) mass is 867 g/mol. The Balaban J connectivity index is 1.34. The van der Waals surface area contributed by atoms with E-state index in [1.165, 1.54) is 17.0 Å². The molecule has 2 heterocycles. The first-order valence-electron chi connectivity index (χ1n) is 20.9. The summed E-state index contributed by atoms with van der Waals surface area (Å²) in [6.45, 7) is 5.07. The molecule has 0 radical (unpaired) electrons. The van der Waals surface area contributed by atoms with Gasteiger partial charge < -0.3 is 41.4 Å². The molecule has 2 aliphatic heterocycles. The molecular weight excluding hydrogens is 811 g/mol. The molecule has 0 spiro atoms. The normalized spacial score (nSPS) is 19.1. The predicted octanol–water partition coefficient (Wildman–Crippen LogP) is 1.51. The number of nitrogens with two attached hydrogens (primary N) is 1. The lowest BCUT2D eigenvalue weighted by Gasteiger charge is -2.34. The van der Waals surface area contributed by atoms with Crippen LogP contribution in [0.1, 0.15) is 89.3 Å². The number of sulfonamides is 1. The summed E-state index contributed by atoms with van der Waals surface area (Å²) in [7, 11) is -4.17. The minimum Gasteiger partial charge on any atom is -0.493 e. The highest BCUT2D eigenvalue weighted by molar-refractivity contribution is 7.89. The molecule has 1 saturated heterocycles. The van der Waals surface area contributed by atoms with Crippen molar-refractivity contribution in [3.8, 4) is 5.75 Å². The highest BCUT2D eigenvalue weighted by Gasteiger charge is 2.46. The molecule has 61 heavy (non-hydrogen) atoms. The molecule has 0 aromatic heterocycles. The first-order valence-corrected chi connectivity index (χ1v) is 22.3. The lowest BCUT2D eigenvalue weighted by atomic mass is 9.83. The zero-order valence-corrected chi connectivity index (χ0v) is 35.6. The SMILES string of the molecule is CCCC(NC(=O)C1C[C@H](NS(=O)(=O)c2ccc3c(c2)CCO3)CN1C(=O)C(NC(=O)OCC(C)C)C1CCCCC1)C(=O)C(=O)NCC(=O)NC(C(N)=O)c1ccccc1. The smallest absolute Gasteiger partial charge is 0.407 e. The molecular formula is C42H57N7O11S. The van der Waals surface area contributed by atoms with Gasteiger partial charge >= 0.3 is 6.09 Å². The molecule has 0 bridgehead atoms. The number of hydrogen-bond donors (Lipinski definition) is 6. The van der Waals surface area contributed by atoms with Crippen LogP contribution in [0, 0.1) is 11.8 Å². The van der Waals surface area contributed by atoms with Crippen LogP contribution >= 0.6 is 0 Å². The summed E-state index contributed by atoms with van der Waals surface area (Å²) in [5.41, 5.74) is 6.62. The second-order valence-electron chi connectivity index (χ2n) is 16.2. The van der Waals surface area contributed by atoms with Crippen molar-refractivity contribution in [1.29, 1.82) is 0 Å². The first-order chi connectivity index (χ1) is 29.1. The Kier molecular flexibility index (Phi) is 16.2. The fourth-order valence-electron chi connectivity index (χ4n) is 7.88. The summed E-state index contributed by atoms with van der Waals surface area (Å²) in [6, 6.07) is 6.75. The molecule has 19 heteroatoms. The number of ketones is 1. The van der Waals surface area contributed by atoms with Gasteiger partial charge in [0.05, 0.1) is 30.7 Å². The number of carbonyl (C=O) groups is 7. The maximum atomic E-state index is 14.6. The quantitative estimate of drug-likeness (QED) is 0.110. The van der Waals surface area contributed by atoms with E-state index in [0.717, 1.165) is 24.8 Å². The van der Waals surface area contributed by atoms with Crippen molar-refractivity contribution in [2.45, 2.75) is 114 Å². The number of nitrogens with zero attached hydrogens (tertiary/aromatic N) is 1. The number of rotatable bonds is 19. The van der Waals surface area contributed by atoms with Crippen molar-refractivity contribution < 1.29 is 51.5 Å². The number of nitrogens with one attached hydrogen (secondary N) is 5. The summed E-state index contributed by atoms with van der Waals surface area (Å²) >= 11 is 0. The van der Waals surface area contributed by atoms with Crippen LogP contribution in [-0.2, 0) is 49.9 Å². The number of primary amides is 1. The molecule has 332 valence electrons. The van der Waals surface area contributed by atoms with Gasteiger partial charge in [-0.05, 0) is 66.8 Å². The van der Waals surface area contributed by atoms with Gasteiger partial charge in [0.1, 0.15) is 23.9 Å². The number of ether oxygens (including phenoxy) is 2. The molecule has 1 saturated carbocycles. The molecule has 3 aliphatic rings. The third-order valence-corrected chi connectivity index (χ3v) is 12.5. The Morgan fingerprint density at radius 3 is 2.34 bits per heavy atom. The summed E-state index contributed by atoms with van der Waals surface area (Å²) in [5.74, 6) is -5.00. The van der Waals surface area contributed by atoms with Gasteiger partial charge in [-0.2, -0.15) is 0 Å². The van der Waals surface area contributed by atoms with E-state index < -0.39 is 88.2 Å². The fourth-order valence-corrected chi connectivity index (χ4v) is 9.17. The largest absolute Gasteiger partial charge is 0.493 e. The zero-order chi connectivity index (χ0) is 44.3. The Morgan fingerprint density at radius 2 is 1.67 bits per heavy atom. The third-order valence-electron chi connectivity index (χ3n) is 11.0. The van der Waals surface area contributed by atoms with Gasteiger partial charge in [0.2, 0.25) is 39.4 Å². The number of carbonyl (C=O) groups excluding carboxylic acids is 7. The minimum atomic E-state index is -4.17. The van der Waals surface area contributed by atoms with Crippen molar-refractivity contribution >= 4 is 51.4 Å². The number of likely N-dealkylation sites (tertiary alicyclic amines) is 1. The number of alkyl carbamates (subject to hydrolysis) is 1. The van der Waals surface area contributed by atoms with Gasteiger partial charge in [-0.3, -0.25) is 28.8 Å². The molecule has 2 fully saturated rings. The molecule has 6 amide bonds. The molecule has 5 atom stereocenters. The van der Waals surface area contributed by atoms with Crippen LogP contribution in [0.3, 0.4) is 0 Å². The van der Waals surface area contributed by atoms with Gasteiger partial charge in [-0.15, -0.1) is 0 Å². The second kappa shape index (κ2) is 21.3. The lowest BCUT2D eigenvalue weighted by molar-refractivity contribution is -0.143. The molecule has 7 N–H and O–H groups in total. The average Bonchev–Trinajstić information content (AvgIpc) is 3.90. The summed E-state index contributed by atoms with van der Waals surface area (Å²) in [6.07, 6.45) is 3.74. The maximum Gasteiger partial charge on any atom is 0.407 e. The van der Waals surface area contributed by atoms with Gasteiger partial charge in [0.25, 0.3) is 5.91 Å². The van der Waals surface area contributed by atoms with Gasteiger partial charge in [0, 0.05) is 19.0 Å². The van der Waals surface area contributed by atoms with Crippen molar-refractivity contribution in [2.75, 3.05) is 26.3 Å². The highest BCUT2D eigenvalue weighted by Crippen LogP contribution is 2.31. The molecule has 18 nitrogen and oxygen atoms in total. The van der Waals surface area contributed by atoms with E-state index in [4.69, 9.17) is 15.2 Å². The van der Waals surface area contributed by atoms with E-state index in [1.807, 2.05) is 13.8 Å². The molecule has 5 rings (SSSR count). The number of hydrogen-bond acceptors (Lipinski definition) is 11. The second-order valence-corrected chi connectivity index (χ2v) is 17.9. The van der Waals surface area contributed by atoms with E-state index in [0.29, 0.717) is 43.6 Å². The van der Waals surface area contributed by atoms with E-state index in [9.17, 15) is 42.0 Å². The molecule has 1 aliphatic carbocycles. The van der Waals surface area contributed by atoms with Crippen LogP contribution < -0.4 is 36.5 Å². The van der Waals surface area contributed by atoms with E-state index >= 15 is 0 Å². The van der Waals surface area contributed by atoms with Crippen LogP contribution in [0.2, 0.25) is 0 Å². The Hall–Kier alpha value is -5.56. The topological polar surface area (TPSA) is 262 Å². The maximum absolute atomic E-state index is 14.6. The highest BCUT2D eigenvalue weighted by atomic mass is 32.2. The lowest BCUT2D eigenvalue weighted by Crippen LogP contribution is -2.58. The van der Waals surface area contributed by atoms with Gasteiger partial charge in [0.15, 0.2) is 0 Å². The summed E-state index contributed by atoms with van der Waals surface area (Å²) in [5, 5.41) is 10.0. The number of amides is 6. The summed E-state index contributed by atoms with van der Waals surface area (Å²) < 4.78 is 41.0. The van der Waals surface area contributed by atoms with Crippen LogP contribution in [0.15, 0.2) is 53.4 Å². The number of Topliss-reactive ketones (excluding diaryl/α,β-unsaturated/α-hetero) is 1. The third kappa shape index (κ3) is 12.5. The average molecular weight is 868 g/mol. The summed E-state index contributed by atoms with van der Waals surface area (Å²) in [4.78, 5) is 94.6. The van der Waals surface area contributed by atoms with E-state index in [-0.39, 0.29) is 42.7 Å². The number of fused-ring (bicyclic) bond motifs is 1. The molecule has 4 unspecified atom stereocenters. The van der Waals surface area contributed by atoms with Crippen LogP contribution in [0.25, 0.3) is 0 Å². The Labute approximate surface area is 355 Å². The van der Waals surface area contributed by atoms with Crippen molar-refractivity contribution in [2.24, 2.45) is 17.6 Å². The van der Waals surface area contributed by atoms with Crippen molar-refractivity contribution in [1.82, 2.24) is 30.9 Å². The number of benzene rings is 2. The van der Waals surface area contributed by atoms with Crippen molar-refractivity contribution in [3.63, 3.8) is 0 Å². The van der Waals surface area contributed by atoms with E-state index in [1.54, 1.807) is 43.3 Å². The molecule has 2 aromatic rings. The predicted molar refractivity (Wildman–Crippen MR) is 221 cm³/mol. The molecule has 2 aromatic carbocycles. The van der Waals surface area contributed by atoms with Gasteiger partial charge in [-0.1, -0.05) is 76.8 Å². The Bertz CT molecular complexity index is 2040. The zero-order valence-electron chi connectivity index (χ0n) is 34.8. The Morgan fingerprint density at radius 1 is 0.951 bits per heavy atom.